The molecule has 0 radical (unpaired) electrons. The Labute approximate surface area is 366 Å². The molecular formula is C56H38F6N2. The molecule has 10 aromatic carbocycles. The van der Waals surface area contributed by atoms with E-state index in [-0.39, 0.29) is 11.4 Å². The van der Waals surface area contributed by atoms with Gasteiger partial charge in [-0.2, -0.15) is 26.3 Å². The number of aryl methyl sites for hydroxylation is 2. The fraction of sp³-hybridized carbons (Fsp3) is 0.0714. The third-order valence-electron chi connectivity index (χ3n) is 12.1. The molecule has 0 spiro atoms. The molecule has 0 bridgehead atoms. The van der Waals surface area contributed by atoms with Gasteiger partial charge in [-0.25, -0.2) is 0 Å². The van der Waals surface area contributed by atoms with Crippen molar-refractivity contribution in [2.45, 2.75) is 26.2 Å². The van der Waals surface area contributed by atoms with Crippen molar-refractivity contribution in [2.75, 3.05) is 9.80 Å². The fourth-order valence-corrected chi connectivity index (χ4v) is 9.08. The standard InChI is InChI=1S/C56H38F6N2/c1-35-21-23-41(37-13-5-3-6-14-37)33-51(35)63(49-19-11-9-17-45(49)55(57,58)59)47-31-27-39-26-30-44-48(32-28-40-25-29-43(47)53(39)54(40)44)64(50-20-12-10-18-46(50)56(60,61)62)52-34-42(24-22-36(52)2)38-15-7-4-8-16-38/h3-34H,1-2H3. The van der Waals surface area contributed by atoms with Crippen molar-refractivity contribution in [1.29, 1.82) is 0 Å². The second-order valence-corrected chi connectivity index (χ2v) is 16.0. The summed E-state index contributed by atoms with van der Waals surface area (Å²) in [5.74, 6) is 0. The summed E-state index contributed by atoms with van der Waals surface area (Å²) in [4.78, 5) is 3.39. The molecule has 0 aliphatic rings. The summed E-state index contributed by atoms with van der Waals surface area (Å²) in [6.07, 6.45) is -9.35. The van der Waals surface area contributed by atoms with Crippen LogP contribution in [0.15, 0.2) is 194 Å². The van der Waals surface area contributed by atoms with Gasteiger partial charge in [0.15, 0.2) is 0 Å². The SMILES string of the molecule is Cc1ccc(-c2ccccc2)cc1N(c1ccccc1C(F)(F)F)c1ccc2ccc3c(N(c4cc(-c5ccccc5)ccc4C)c4ccccc4C(F)(F)F)ccc4ccc1c2c43. The molecule has 0 aliphatic carbocycles. The first-order valence-corrected chi connectivity index (χ1v) is 20.8. The largest absolute Gasteiger partial charge is 0.418 e. The molecule has 0 unspecified atom stereocenters. The molecule has 0 atom stereocenters. The van der Waals surface area contributed by atoms with Gasteiger partial charge in [0.05, 0.1) is 33.9 Å². The van der Waals surface area contributed by atoms with E-state index >= 15 is 26.3 Å². The van der Waals surface area contributed by atoms with Crippen molar-refractivity contribution in [3.8, 4) is 22.3 Å². The molecule has 0 fully saturated rings. The summed E-state index contributed by atoms with van der Waals surface area (Å²) in [5, 5.41) is 4.58. The van der Waals surface area contributed by atoms with Crippen molar-refractivity contribution in [2.24, 2.45) is 0 Å². The molecule has 10 rings (SSSR count). The van der Waals surface area contributed by atoms with Crippen LogP contribution in [0.3, 0.4) is 0 Å². The van der Waals surface area contributed by atoms with Gasteiger partial charge >= 0.3 is 12.4 Å². The zero-order chi connectivity index (χ0) is 44.3. The quantitative estimate of drug-likeness (QED) is 0.111. The molecule has 8 heteroatoms. The summed E-state index contributed by atoms with van der Waals surface area (Å²) < 4.78 is 90.4. The lowest BCUT2D eigenvalue weighted by atomic mass is 9.91. The van der Waals surface area contributed by atoms with Crippen LogP contribution in [-0.2, 0) is 12.4 Å². The maximum atomic E-state index is 15.1. The van der Waals surface area contributed by atoms with E-state index in [1.54, 1.807) is 21.9 Å². The molecule has 10 aromatic rings. The molecule has 0 saturated carbocycles. The number of nitrogens with zero attached hydrogens (tertiary/aromatic N) is 2. The average molecular weight is 853 g/mol. The molecule has 0 heterocycles. The third-order valence-corrected chi connectivity index (χ3v) is 12.1. The molecular weight excluding hydrogens is 815 g/mol. The van der Waals surface area contributed by atoms with Gasteiger partial charge in [0.1, 0.15) is 0 Å². The Hall–Kier alpha value is -7.58. The van der Waals surface area contributed by atoms with Gasteiger partial charge in [0, 0.05) is 22.1 Å². The second-order valence-electron chi connectivity index (χ2n) is 16.0. The molecule has 0 aromatic heterocycles. The van der Waals surface area contributed by atoms with Gasteiger partial charge in [-0.15, -0.1) is 0 Å². The Kier molecular flexibility index (Phi) is 9.90. The second kappa shape index (κ2) is 15.6. The zero-order valence-corrected chi connectivity index (χ0v) is 34.6. The number of hydrogen-bond acceptors (Lipinski definition) is 2. The Morgan fingerprint density at radius 3 is 1.06 bits per heavy atom. The van der Waals surface area contributed by atoms with E-state index in [0.717, 1.165) is 67.1 Å². The van der Waals surface area contributed by atoms with Crippen LogP contribution in [0.2, 0.25) is 0 Å². The van der Waals surface area contributed by atoms with Crippen LogP contribution >= 0.6 is 0 Å². The minimum atomic E-state index is -4.68. The Balaban J connectivity index is 1.26. The van der Waals surface area contributed by atoms with Crippen LogP contribution in [0.25, 0.3) is 54.6 Å². The predicted molar refractivity (Wildman–Crippen MR) is 250 cm³/mol. The van der Waals surface area contributed by atoms with Gasteiger partial charge in [-0.1, -0.05) is 146 Å². The van der Waals surface area contributed by atoms with Crippen molar-refractivity contribution in [3.63, 3.8) is 0 Å². The van der Waals surface area contributed by atoms with E-state index in [4.69, 9.17) is 0 Å². The van der Waals surface area contributed by atoms with Crippen LogP contribution in [0.4, 0.5) is 60.5 Å². The summed E-state index contributed by atoms with van der Waals surface area (Å²) in [5.41, 5.74) is 5.53. The molecule has 0 amide bonds. The van der Waals surface area contributed by atoms with E-state index < -0.39 is 23.5 Å². The van der Waals surface area contributed by atoms with E-state index in [0.29, 0.717) is 33.5 Å². The van der Waals surface area contributed by atoms with Gasteiger partial charge in [-0.05, 0) is 117 Å². The van der Waals surface area contributed by atoms with Crippen LogP contribution in [0.5, 0.6) is 0 Å². The molecule has 0 saturated heterocycles. The van der Waals surface area contributed by atoms with Gasteiger partial charge in [-0.3, -0.25) is 0 Å². The summed E-state index contributed by atoms with van der Waals surface area (Å²) >= 11 is 0. The Bertz CT molecular complexity index is 3110. The van der Waals surface area contributed by atoms with Crippen LogP contribution in [0, 0.1) is 13.8 Å². The lowest BCUT2D eigenvalue weighted by molar-refractivity contribution is -0.137. The number of alkyl halides is 6. The van der Waals surface area contributed by atoms with E-state index in [2.05, 4.69) is 0 Å². The summed E-state index contributed by atoms with van der Waals surface area (Å²) in [6.45, 7) is 3.77. The third kappa shape index (κ3) is 7.05. The zero-order valence-electron chi connectivity index (χ0n) is 34.6. The first-order chi connectivity index (χ1) is 30.9. The fourth-order valence-electron chi connectivity index (χ4n) is 9.08. The Morgan fingerprint density at radius 1 is 0.312 bits per heavy atom. The average Bonchev–Trinajstić information content (AvgIpc) is 3.30. The topological polar surface area (TPSA) is 6.48 Å². The van der Waals surface area contributed by atoms with Crippen molar-refractivity contribution in [3.05, 3.63) is 216 Å². The van der Waals surface area contributed by atoms with Crippen molar-refractivity contribution >= 4 is 66.4 Å². The first-order valence-electron chi connectivity index (χ1n) is 20.8. The highest BCUT2D eigenvalue weighted by atomic mass is 19.4. The molecule has 2 nitrogen and oxygen atoms in total. The number of anilines is 6. The lowest BCUT2D eigenvalue weighted by Gasteiger charge is -2.32. The van der Waals surface area contributed by atoms with Crippen molar-refractivity contribution in [1.82, 2.24) is 0 Å². The van der Waals surface area contributed by atoms with E-state index in [9.17, 15) is 0 Å². The highest BCUT2D eigenvalue weighted by molar-refractivity contribution is 6.28. The minimum Gasteiger partial charge on any atom is -0.309 e. The summed E-state index contributed by atoms with van der Waals surface area (Å²) in [6, 6.07) is 57.5. The van der Waals surface area contributed by atoms with Gasteiger partial charge in [0.2, 0.25) is 0 Å². The minimum absolute atomic E-state index is 0.0391. The van der Waals surface area contributed by atoms with Gasteiger partial charge < -0.3 is 9.80 Å². The van der Waals surface area contributed by atoms with E-state index in [1.807, 2.05) is 159 Å². The molecule has 0 N–H and O–H groups in total. The Morgan fingerprint density at radius 2 is 0.672 bits per heavy atom. The predicted octanol–water partition coefficient (Wildman–Crippen LogP) is 17.5. The molecule has 314 valence electrons. The van der Waals surface area contributed by atoms with Gasteiger partial charge in [0.25, 0.3) is 0 Å². The summed E-state index contributed by atoms with van der Waals surface area (Å²) in [7, 11) is 0. The number of hydrogen-bond donors (Lipinski definition) is 0. The van der Waals surface area contributed by atoms with Crippen LogP contribution in [0.1, 0.15) is 22.3 Å². The number of rotatable bonds is 8. The van der Waals surface area contributed by atoms with Crippen molar-refractivity contribution < 1.29 is 26.3 Å². The highest BCUT2D eigenvalue weighted by Gasteiger charge is 2.37. The maximum absolute atomic E-state index is 15.1. The maximum Gasteiger partial charge on any atom is 0.418 e. The van der Waals surface area contributed by atoms with Crippen LogP contribution < -0.4 is 9.80 Å². The lowest BCUT2D eigenvalue weighted by Crippen LogP contribution is -2.18. The van der Waals surface area contributed by atoms with Crippen LogP contribution in [-0.4, -0.2) is 0 Å². The molecule has 64 heavy (non-hydrogen) atoms. The monoisotopic (exact) mass is 852 g/mol. The number of halogens is 6. The normalized spacial score (nSPS) is 12.1. The smallest absolute Gasteiger partial charge is 0.309 e. The first kappa shape index (κ1) is 40.5. The highest BCUT2D eigenvalue weighted by Crippen LogP contribution is 2.52. The van der Waals surface area contributed by atoms with E-state index in [1.165, 1.54) is 24.3 Å². The molecule has 0 aliphatic heterocycles. The number of benzene rings is 10. The number of para-hydroxylation sites is 2.